The smallest absolute Gasteiger partial charge is 0.250 e. The van der Waals surface area contributed by atoms with Gasteiger partial charge in [-0.2, -0.15) is 0 Å². The van der Waals surface area contributed by atoms with E-state index in [0.717, 1.165) is 4.47 Å². The van der Waals surface area contributed by atoms with Crippen molar-refractivity contribution in [2.75, 3.05) is 6.61 Å². The fraction of sp³-hybridized carbons (Fsp3) is 0.375. The summed E-state index contributed by atoms with van der Waals surface area (Å²) in [5.41, 5.74) is -0.0355. The van der Waals surface area contributed by atoms with E-state index in [1.165, 1.54) is 6.07 Å². The summed E-state index contributed by atoms with van der Waals surface area (Å²) in [5.74, 6) is 0. The maximum Gasteiger partial charge on any atom is 0.250 e. The Kier molecular flexibility index (Phi) is 3.49. The molecule has 4 heteroatoms. The Bertz CT molecular complexity index is 308. The van der Waals surface area contributed by atoms with E-state index < -0.39 is 0 Å². The van der Waals surface area contributed by atoms with E-state index in [2.05, 4.69) is 15.9 Å². The molecule has 3 nitrogen and oxygen atoms in total. The van der Waals surface area contributed by atoms with Crippen LogP contribution in [0.1, 0.15) is 6.42 Å². The van der Waals surface area contributed by atoms with E-state index in [1.807, 2.05) is 0 Å². The lowest BCUT2D eigenvalue weighted by atomic mass is 10.4. The number of aromatic nitrogens is 1. The molecule has 0 saturated carbocycles. The number of aliphatic hydroxyl groups excluding tert-OH is 1. The Morgan fingerprint density at radius 2 is 2.25 bits per heavy atom. The van der Waals surface area contributed by atoms with Gasteiger partial charge in [-0.1, -0.05) is 0 Å². The van der Waals surface area contributed by atoms with Gasteiger partial charge in [0.1, 0.15) is 0 Å². The third-order valence-corrected chi connectivity index (χ3v) is 1.97. The molecular formula is C8H10BrNO2. The summed E-state index contributed by atoms with van der Waals surface area (Å²) in [5, 5.41) is 8.56. The van der Waals surface area contributed by atoms with Gasteiger partial charge in [-0.25, -0.2) is 0 Å². The van der Waals surface area contributed by atoms with Crippen LogP contribution in [0.5, 0.6) is 0 Å². The molecule has 0 bridgehead atoms. The van der Waals surface area contributed by atoms with Crippen molar-refractivity contribution < 1.29 is 5.11 Å². The first-order valence-electron chi connectivity index (χ1n) is 3.71. The fourth-order valence-corrected chi connectivity index (χ4v) is 1.30. The molecule has 0 aliphatic heterocycles. The molecule has 12 heavy (non-hydrogen) atoms. The highest BCUT2D eigenvalue weighted by atomic mass is 79.9. The Balaban J connectivity index is 2.83. The summed E-state index contributed by atoms with van der Waals surface area (Å²) >= 11 is 3.27. The minimum atomic E-state index is -0.0355. The molecule has 0 aliphatic carbocycles. The lowest BCUT2D eigenvalue weighted by Crippen LogP contribution is -2.18. The number of rotatable bonds is 3. The summed E-state index contributed by atoms with van der Waals surface area (Å²) in [6.45, 7) is 0.674. The largest absolute Gasteiger partial charge is 0.396 e. The zero-order chi connectivity index (χ0) is 8.97. The van der Waals surface area contributed by atoms with Crippen LogP contribution in [0.2, 0.25) is 0 Å². The average Bonchev–Trinajstić information content (AvgIpc) is 2.07. The maximum atomic E-state index is 11.1. The molecule has 1 heterocycles. The maximum absolute atomic E-state index is 11.1. The van der Waals surface area contributed by atoms with Crippen molar-refractivity contribution in [2.24, 2.45) is 0 Å². The van der Waals surface area contributed by atoms with Gasteiger partial charge < -0.3 is 9.67 Å². The topological polar surface area (TPSA) is 42.2 Å². The summed E-state index contributed by atoms with van der Waals surface area (Å²) in [7, 11) is 0. The van der Waals surface area contributed by atoms with Crippen LogP contribution in [-0.2, 0) is 6.54 Å². The molecular weight excluding hydrogens is 222 g/mol. The summed E-state index contributed by atoms with van der Waals surface area (Å²) in [4.78, 5) is 11.1. The first-order chi connectivity index (χ1) is 5.74. The van der Waals surface area contributed by atoms with Crippen LogP contribution in [0.25, 0.3) is 0 Å². The van der Waals surface area contributed by atoms with E-state index >= 15 is 0 Å². The third-order valence-electron chi connectivity index (χ3n) is 1.50. The Labute approximate surface area is 78.8 Å². The van der Waals surface area contributed by atoms with Gasteiger partial charge in [0.15, 0.2) is 0 Å². The molecule has 0 radical (unpaired) electrons. The normalized spacial score (nSPS) is 10.2. The average molecular weight is 232 g/mol. The number of aryl methyl sites for hydroxylation is 1. The lowest BCUT2D eigenvalue weighted by Gasteiger charge is -2.03. The summed E-state index contributed by atoms with van der Waals surface area (Å²) < 4.78 is 2.44. The number of hydrogen-bond donors (Lipinski definition) is 1. The van der Waals surface area contributed by atoms with E-state index in [9.17, 15) is 4.79 Å². The number of nitrogens with zero attached hydrogens (tertiary/aromatic N) is 1. The fourth-order valence-electron chi connectivity index (χ4n) is 0.918. The van der Waals surface area contributed by atoms with Crippen molar-refractivity contribution in [3.8, 4) is 0 Å². The SMILES string of the molecule is O=c1ccc(Br)cn1CCCO. The quantitative estimate of drug-likeness (QED) is 0.844. The highest BCUT2D eigenvalue weighted by Crippen LogP contribution is 2.04. The van der Waals surface area contributed by atoms with Crippen LogP contribution in [0.15, 0.2) is 27.6 Å². The van der Waals surface area contributed by atoms with Crippen LogP contribution in [0, 0.1) is 0 Å². The van der Waals surface area contributed by atoms with Crippen LogP contribution in [0.3, 0.4) is 0 Å². The number of hydrogen-bond acceptors (Lipinski definition) is 2. The van der Waals surface area contributed by atoms with Crippen molar-refractivity contribution in [1.82, 2.24) is 4.57 Å². The molecule has 0 saturated heterocycles. The molecule has 0 atom stereocenters. The molecule has 0 spiro atoms. The Hall–Kier alpha value is -0.610. The van der Waals surface area contributed by atoms with Crippen molar-refractivity contribution in [1.29, 1.82) is 0 Å². The van der Waals surface area contributed by atoms with Gasteiger partial charge in [0.25, 0.3) is 5.56 Å². The number of aliphatic hydroxyl groups is 1. The lowest BCUT2D eigenvalue weighted by molar-refractivity contribution is 0.279. The standard InChI is InChI=1S/C8H10BrNO2/c9-7-2-3-8(12)10(6-7)4-1-5-11/h2-3,6,11H,1,4-5H2. The third kappa shape index (κ3) is 2.46. The first kappa shape index (κ1) is 9.48. The van der Waals surface area contributed by atoms with Crippen LogP contribution >= 0.6 is 15.9 Å². The molecule has 1 N–H and O–H groups in total. The molecule has 0 aromatic carbocycles. The second kappa shape index (κ2) is 4.42. The predicted octanol–water partition coefficient (Wildman–Crippen LogP) is 0.993. The molecule has 0 amide bonds. The van der Waals surface area contributed by atoms with E-state index in [4.69, 9.17) is 5.11 Å². The molecule has 0 fully saturated rings. The van der Waals surface area contributed by atoms with Crippen LogP contribution in [-0.4, -0.2) is 16.3 Å². The monoisotopic (exact) mass is 231 g/mol. The van der Waals surface area contributed by atoms with Gasteiger partial charge >= 0.3 is 0 Å². The summed E-state index contributed by atoms with van der Waals surface area (Å²) in [6, 6.07) is 3.21. The summed E-state index contributed by atoms with van der Waals surface area (Å²) in [6.07, 6.45) is 2.33. The van der Waals surface area contributed by atoms with Gasteiger partial charge in [0, 0.05) is 29.9 Å². The highest BCUT2D eigenvalue weighted by Gasteiger charge is 1.95. The van der Waals surface area contributed by atoms with Crippen molar-refractivity contribution in [3.63, 3.8) is 0 Å². The van der Waals surface area contributed by atoms with Crippen molar-refractivity contribution in [3.05, 3.63) is 33.2 Å². The molecule has 1 rings (SSSR count). The second-order valence-electron chi connectivity index (χ2n) is 2.46. The Morgan fingerprint density at radius 1 is 1.50 bits per heavy atom. The molecule has 0 aliphatic rings. The zero-order valence-corrected chi connectivity index (χ0v) is 8.12. The van der Waals surface area contributed by atoms with Crippen LogP contribution < -0.4 is 5.56 Å². The minimum Gasteiger partial charge on any atom is -0.396 e. The number of pyridine rings is 1. The highest BCUT2D eigenvalue weighted by molar-refractivity contribution is 9.10. The molecule has 66 valence electrons. The van der Waals surface area contributed by atoms with Gasteiger partial charge in [-0.3, -0.25) is 4.79 Å². The van der Waals surface area contributed by atoms with Gasteiger partial charge in [-0.15, -0.1) is 0 Å². The number of halogens is 1. The van der Waals surface area contributed by atoms with Crippen LogP contribution in [0.4, 0.5) is 0 Å². The van der Waals surface area contributed by atoms with Crippen molar-refractivity contribution >= 4 is 15.9 Å². The Morgan fingerprint density at radius 3 is 2.92 bits per heavy atom. The predicted molar refractivity (Wildman–Crippen MR) is 50.1 cm³/mol. The van der Waals surface area contributed by atoms with Gasteiger partial charge in [0.2, 0.25) is 0 Å². The van der Waals surface area contributed by atoms with E-state index in [1.54, 1.807) is 16.8 Å². The van der Waals surface area contributed by atoms with Gasteiger partial charge in [-0.05, 0) is 28.4 Å². The zero-order valence-electron chi connectivity index (χ0n) is 6.53. The second-order valence-corrected chi connectivity index (χ2v) is 3.37. The van der Waals surface area contributed by atoms with E-state index in [0.29, 0.717) is 13.0 Å². The first-order valence-corrected chi connectivity index (χ1v) is 4.50. The van der Waals surface area contributed by atoms with E-state index in [-0.39, 0.29) is 12.2 Å². The van der Waals surface area contributed by atoms with Crippen molar-refractivity contribution in [2.45, 2.75) is 13.0 Å². The molecule has 1 aromatic rings. The minimum absolute atomic E-state index is 0.0355. The molecule has 1 aromatic heterocycles. The van der Waals surface area contributed by atoms with Gasteiger partial charge in [0.05, 0.1) is 0 Å². The molecule has 0 unspecified atom stereocenters.